The Hall–Kier alpha value is -1.95. The second-order valence-electron chi connectivity index (χ2n) is 5.44. The molecule has 3 N–H and O–H groups in total. The van der Waals surface area contributed by atoms with Gasteiger partial charge < -0.3 is 25.3 Å². The molecule has 1 atom stereocenters. The van der Waals surface area contributed by atoms with Gasteiger partial charge in [0.2, 0.25) is 12.7 Å². The van der Waals surface area contributed by atoms with E-state index < -0.39 is 5.54 Å². The molecule has 0 bridgehead atoms. The number of nitrogens with one attached hydrogen (secondary N) is 1. The van der Waals surface area contributed by atoms with Crippen LogP contribution in [0.25, 0.3) is 0 Å². The van der Waals surface area contributed by atoms with Crippen molar-refractivity contribution in [3.8, 4) is 17.2 Å². The Morgan fingerprint density at radius 2 is 2.19 bits per heavy atom. The fourth-order valence-corrected chi connectivity index (χ4v) is 2.73. The van der Waals surface area contributed by atoms with Crippen molar-refractivity contribution in [3.63, 3.8) is 0 Å². The zero-order valence-corrected chi connectivity index (χ0v) is 12.1. The van der Waals surface area contributed by atoms with Crippen LogP contribution in [0.15, 0.2) is 18.2 Å². The van der Waals surface area contributed by atoms with E-state index in [1.165, 1.54) is 0 Å². The predicted octanol–water partition coefficient (Wildman–Crippen LogP) is 1.04. The maximum Gasteiger partial charge on any atom is 0.241 e. The minimum Gasteiger partial charge on any atom is -0.491 e. The summed E-state index contributed by atoms with van der Waals surface area (Å²) in [7, 11) is 0. The fourth-order valence-electron chi connectivity index (χ4n) is 2.73. The van der Waals surface area contributed by atoms with E-state index in [1.807, 2.05) is 6.92 Å². The molecule has 0 spiro atoms. The van der Waals surface area contributed by atoms with Gasteiger partial charge in [0.1, 0.15) is 17.9 Å². The molecule has 114 valence electrons. The monoisotopic (exact) mass is 292 g/mol. The van der Waals surface area contributed by atoms with Crippen molar-refractivity contribution in [2.45, 2.75) is 25.3 Å². The van der Waals surface area contributed by atoms with Crippen molar-refractivity contribution in [1.82, 2.24) is 5.32 Å². The van der Waals surface area contributed by atoms with Gasteiger partial charge in [0.25, 0.3) is 0 Å². The first kappa shape index (κ1) is 14.0. The molecule has 1 fully saturated rings. The van der Waals surface area contributed by atoms with Crippen LogP contribution >= 0.6 is 0 Å². The molecule has 3 rings (SSSR count). The molecule has 0 saturated heterocycles. The van der Waals surface area contributed by atoms with Gasteiger partial charge in [0, 0.05) is 6.07 Å². The number of primary amides is 1. The van der Waals surface area contributed by atoms with Crippen molar-refractivity contribution < 1.29 is 19.0 Å². The number of ether oxygens (including phenoxy) is 3. The van der Waals surface area contributed by atoms with Crippen LogP contribution in [0.1, 0.15) is 19.8 Å². The van der Waals surface area contributed by atoms with Gasteiger partial charge in [-0.25, -0.2) is 0 Å². The number of carbonyl (C=O) groups excluding carboxylic acids is 1. The van der Waals surface area contributed by atoms with E-state index in [0.717, 1.165) is 12.8 Å². The van der Waals surface area contributed by atoms with Crippen LogP contribution in [0.5, 0.6) is 17.2 Å². The van der Waals surface area contributed by atoms with Crippen molar-refractivity contribution >= 4 is 5.91 Å². The van der Waals surface area contributed by atoms with Crippen molar-refractivity contribution in [2.24, 2.45) is 11.7 Å². The number of amides is 1. The molecule has 1 aromatic rings. The van der Waals surface area contributed by atoms with Crippen LogP contribution in [0.4, 0.5) is 0 Å². The smallest absolute Gasteiger partial charge is 0.241 e. The molecule has 21 heavy (non-hydrogen) atoms. The number of nitrogens with two attached hydrogens (primary N) is 1. The highest BCUT2D eigenvalue weighted by Crippen LogP contribution is 2.41. The van der Waals surface area contributed by atoms with E-state index in [-0.39, 0.29) is 25.2 Å². The minimum absolute atomic E-state index is 0.223. The number of hydrogen-bond acceptors (Lipinski definition) is 5. The maximum absolute atomic E-state index is 11.9. The standard InChI is InChI=1S/C15H20N2O4/c1-2-17-15(14(16)18,10-3-4-10)8-19-11-5-6-12-13(7-11)21-9-20-12/h5-7,10,17H,2-4,8-9H2,1H3,(H2,16,18). The van der Waals surface area contributed by atoms with Crippen molar-refractivity contribution in [2.75, 3.05) is 19.9 Å². The van der Waals surface area contributed by atoms with Crippen LogP contribution in [0.3, 0.4) is 0 Å². The third-order valence-corrected chi connectivity index (χ3v) is 4.02. The number of benzene rings is 1. The average molecular weight is 292 g/mol. The molecule has 1 aliphatic carbocycles. The first-order chi connectivity index (χ1) is 10.2. The Labute approximate surface area is 123 Å². The number of hydrogen-bond donors (Lipinski definition) is 2. The van der Waals surface area contributed by atoms with Gasteiger partial charge in [-0.15, -0.1) is 0 Å². The van der Waals surface area contributed by atoms with Crippen LogP contribution in [-0.2, 0) is 4.79 Å². The summed E-state index contributed by atoms with van der Waals surface area (Å²) in [5.74, 6) is 1.91. The molecule has 2 aliphatic rings. The Morgan fingerprint density at radius 3 is 2.86 bits per heavy atom. The number of carbonyl (C=O) groups is 1. The first-order valence-electron chi connectivity index (χ1n) is 7.23. The highest BCUT2D eigenvalue weighted by atomic mass is 16.7. The molecule has 0 aromatic heterocycles. The molecular weight excluding hydrogens is 272 g/mol. The van der Waals surface area contributed by atoms with Gasteiger partial charge in [0.15, 0.2) is 11.5 Å². The Morgan fingerprint density at radius 1 is 1.43 bits per heavy atom. The number of fused-ring (bicyclic) bond motifs is 1. The summed E-state index contributed by atoms with van der Waals surface area (Å²) in [5, 5.41) is 3.22. The molecule has 1 amide bonds. The molecule has 1 aromatic carbocycles. The van der Waals surface area contributed by atoms with Gasteiger partial charge >= 0.3 is 0 Å². The van der Waals surface area contributed by atoms with Crippen LogP contribution in [0.2, 0.25) is 0 Å². The average Bonchev–Trinajstić information content (AvgIpc) is 3.21. The molecule has 1 heterocycles. The predicted molar refractivity (Wildman–Crippen MR) is 76.4 cm³/mol. The van der Waals surface area contributed by atoms with Crippen molar-refractivity contribution in [1.29, 1.82) is 0 Å². The molecule has 6 heteroatoms. The highest BCUT2D eigenvalue weighted by molar-refractivity contribution is 5.85. The first-order valence-corrected chi connectivity index (χ1v) is 7.23. The largest absolute Gasteiger partial charge is 0.491 e. The summed E-state index contributed by atoms with van der Waals surface area (Å²) >= 11 is 0. The van der Waals surface area contributed by atoms with E-state index >= 15 is 0 Å². The lowest BCUT2D eigenvalue weighted by molar-refractivity contribution is -0.126. The third-order valence-electron chi connectivity index (χ3n) is 4.02. The zero-order valence-electron chi connectivity index (χ0n) is 12.1. The minimum atomic E-state index is -0.787. The van der Waals surface area contributed by atoms with E-state index in [2.05, 4.69) is 5.32 Å². The summed E-state index contributed by atoms with van der Waals surface area (Å²) < 4.78 is 16.4. The second-order valence-corrected chi connectivity index (χ2v) is 5.44. The summed E-state index contributed by atoms with van der Waals surface area (Å²) in [6.07, 6.45) is 2.00. The zero-order chi connectivity index (χ0) is 14.9. The SMILES string of the molecule is CCNC(COc1ccc2c(c1)OCO2)(C(N)=O)C1CC1. The summed E-state index contributed by atoms with van der Waals surface area (Å²) in [6, 6.07) is 5.37. The lowest BCUT2D eigenvalue weighted by Crippen LogP contribution is -2.61. The normalized spacial score (nSPS) is 19.1. The van der Waals surface area contributed by atoms with Gasteiger partial charge in [-0.1, -0.05) is 6.92 Å². The Balaban J connectivity index is 1.73. The molecule has 6 nitrogen and oxygen atoms in total. The second kappa shape index (κ2) is 5.44. The molecule has 1 aliphatic heterocycles. The number of rotatable bonds is 7. The van der Waals surface area contributed by atoms with E-state index in [1.54, 1.807) is 18.2 Å². The van der Waals surface area contributed by atoms with Crippen LogP contribution in [-0.4, -0.2) is 31.4 Å². The fraction of sp³-hybridized carbons (Fsp3) is 0.533. The van der Waals surface area contributed by atoms with E-state index in [0.29, 0.717) is 23.8 Å². The lowest BCUT2D eigenvalue weighted by Gasteiger charge is -2.31. The molecule has 1 unspecified atom stereocenters. The Bertz CT molecular complexity index is 544. The molecule has 0 radical (unpaired) electrons. The highest BCUT2D eigenvalue weighted by Gasteiger charge is 2.50. The molecule has 1 saturated carbocycles. The van der Waals surface area contributed by atoms with Crippen molar-refractivity contribution in [3.05, 3.63) is 18.2 Å². The number of likely N-dealkylation sites (N-methyl/N-ethyl adjacent to an activating group) is 1. The summed E-state index contributed by atoms with van der Waals surface area (Å²) in [5.41, 5.74) is 4.84. The topological polar surface area (TPSA) is 82.8 Å². The maximum atomic E-state index is 11.9. The molecular formula is C15H20N2O4. The Kier molecular flexibility index (Phi) is 3.63. The van der Waals surface area contributed by atoms with Gasteiger partial charge in [-0.2, -0.15) is 0 Å². The van der Waals surface area contributed by atoms with Gasteiger partial charge in [-0.05, 0) is 37.4 Å². The van der Waals surface area contributed by atoms with E-state index in [4.69, 9.17) is 19.9 Å². The van der Waals surface area contributed by atoms with Gasteiger partial charge in [0.05, 0.1) is 0 Å². The summed E-state index contributed by atoms with van der Waals surface area (Å²) in [6.45, 7) is 3.08. The van der Waals surface area contributed by atoms with E-state index in [9.17, 15) is 4.79 Å². The summed E-state index contributed by atoms with van der Waals surface area (Å²) in [4.78, 5) is 11.9. The van der Waals surface area contributed by atoms with Crippen LogP contribution in [0, 0.1) is 5.92 Å². The van der Waals surface area contributed by atoms with Crippen LogP contribution < -0.4 is 25.3 Å². The lowest BCUT2D eigenvalue weighted by atomic mass is 9.93. The van der Waals surface area contributed by atoms with Gasteiger partial charge in [-0.3, -0.25) is 4.79 Å². The third kappa shape index (κ3) is 2.63. The quantitative estimate of drug-likeness (QED) is 0.784.